The molecule has 0 radical (unpaired) electrons. The normalized spacial score (nSPS) is 59.8. The third kappa shape index (κ3) is 2.55. The zero-order chi connectivity index (χ0) is 24.8. The molecule has 7 rings (SSSR count). The number of esters is 2. The van der Waals surface area contributed by atoms with Crippen molar-refractivity contribution in [2.24, 2.45) is 51.2 Å². The van der Waals surface area contributed by atoms with Crippen LogP contribution in [0.5, 0.6) is 0 Å². The molecule has 35 heavy (non-hydrogen) atoms. The van der Waals surface area contributed by atoms with Crippen LogP contribution in [-0.4, -0.2) is 29.4 Å². The van der Waals surface area contributed by atoms with Crippen molar-refractivity contribution in [2.45, 2.75) is 123 Å². The SMILES string of the molecule is C[C@@H]1C[C@]2(C[C@@H](C)[C@H]3[C@@H](C[C@]4(C)[C@@H]5CC[C@@H]6C(C)(C)OC(=O)CC[C@@]67C[C@@]57CC[C@]34C)O2)OC1=O. The van der Waals surface area contributed by atoms with Gasteiger partial charge in [0.1, 0.15) is 5.60 Å². The largest absolute Gasteiger partial charge is 0.459 e. The first-order chi connectivity index (χ1) is 16.3. The van der Waals surface area contributed by atoms with Gasteiger partial charge in [-0.15, -0.1) is 0 Å². The number of hydrogen-bond donors (Lipinski definition) is 0. The van der Waals surface area contributed by atoms with E-state index in [1.807, 2.05) is 6.92 Å². The van der Waals surface area contributed by atoms with Gasteiger partial charge in [0.15, 0.2) is 0 Å². The maximum atomic E-state index is 12.6. The van der Waals surface area contributed by atoms with Crippen molar-refractivity contribution in [3.05, 3.63) is 0 Å². The van der Waals surface area contributed by atoms with Gasteiger partial charge in [-0.2, -0.15) is 0 Å². The van der Waals surface area contributed by atoms with Gasteiger partial charge < -0.3 is 14.2 Å². The van der Waals surface area contributed by atoms with Crippen LogP contribution in [0.1, 0.15) is 106 Å². The maximum Gasteiger partial charge on any atom is 0.311 e. The summed E-state index contributed by atoms with van der Waals surface area (Å²) in [5.41, 5.74) is 0.725. The molecule has 4 aliphatic carbocycles. The van der Waals surface area contributed by atoms with Crippen molar-refractivity contribution in [2.75, 3.05) is 0 Å². The second-order valence-electron chi connectivity index (χ2n) is 15.1. The summed E-state index contributed by atoms with van der Waals surface area (Å²) in [6.07, 6.45) is 10.6. The van der Waals surface area contributed by atoms with E-state index < -0.39 is 5.79 Å². The molecule has 0 aromatic carbocycles. The third-order valence-electron chi connectivity index (χ3n) is 13.4. The zero-order valence-corrected chi connectivity index (χ0v) is 22.6. The Labute approximate surface area is 210 Å². The molecule has 194 valence electrons. The van der Waals surface area contributed by atoms with Gasteiger partial charge in [-0.3, -0.25) is 9.59 Å². The minimum absolute atomic E-state index is 0.00369. The third-order valence-corrected chi connectivity index (χ3v) is 13.4. The van der Waals surface area contributed by atoms with Crippen LogP contribution in [0.25, 0.3) is 0 Å². The van der Waals surface area contributed by atoms with Gasteiger partial charge in [0, 0.05) is 25.2 Å². The number of fused-ring (bicyclic) bond motifs is 4. The lowest BCUT2D eigenvalue weighted by Crippen LogP contribution is -2.56. The van der Waals surface area contributed by atoms with E-state index in [-0.39, 0.29) is 45.8 Å². The van der Waals surface area contributed by atoms with E-state index in [0.717, 1.165) is 19.3 Å². The monoisotopic (exact) mass is 484 g/mol. The molecule has 4 saturated carbocycles. The van der Waals surface area contributed by atoms with E-state index in [1.54, 1.807) is 0 Å². The van der Waals surface area contributed by atoms with Gasteiger partial charge in [-0.05, 0) is 98.2 Å². The molecule has 0 aromatic heterocycles. The predicted molar refractivity (Wildman–Crippen MR) is 130 cm³/mol. The average Bonchev–Trinajstić information content (AvgIpc) is 3.28. The second kappa shape index (κ2) is 6.48. The minimum Gasteiger partial charge on any atom is -0.459 e. The molecular formula is C30H44O5. The highest BCUT2D eigenvalue weighted by Gasteiger charge is 2.83. The van der Waals surface area contributed by atoms with Crippen LogP contribution < -0.4 is 0 Å². The average molecular weight is 485 g/mol. The van der Waals surface area contributed by atoms with Crippen LogP contribution in [0, 0.1) is 51.2 Å². The summed E-state index contributed by atoms with van der Waals surface area (Å²) in [5.74, 6) is 1.31. The molecule has 5 nitrogen and oxygen atoms in total. The first kappa shape index (κ1) is 23.0. The molecule has 3 heterocycles. The summed E-state index contributed by atoms with van der Waals surface area (Å²) < 4.78 is 18.9. The first-order valence-corrected chi connectivity index (χ1v) is 14.4. The molecule has 0 aromatic rings. The highest BCUT2D eigenvalue weighted by molar-refractivity contribution is 5.74. The summed E-state index contributed by atoms with van der Waals surface area (Å²) in [7, 11) is 0. The Morgan fingerprint density at radius 1 is 0.800 bits per heavy atom. The molecule has 0 unspecified atom stereocenters. The van der Waals surface area contributed by atoms with Crippen molar-refractivity contribution in [3.63, 3.8) is 0 Å². The Balaban J connectivity index is 1.24. The lowest BCUT2D eigenvalue weighted by atomic mass is 9.43. The van der Waals surface area contributed by atoms with E-state index >= 15 is 0 Å². The Morgan fingerprint density at radius 2 is 1.51 bits per heavy atom. The van der Waals surface area contributed by atoms with Gasteiger partial charge in [-0.25, -0.2) is 0 Å². The van der Waals surface area contributed by atoms with Gasteiger partial charge in [-0.1, -0.05) is 27.7 Å². The van der Waals surface area contributed by atoms with E-state index in [1.165, 1.54) is 32.1 Å². The van der Waals surface area contributed by atoms with Crippen molar-refractivity contribution in [1.82, 2.24) is 0 Å². The molecule has 7 aliphatic rings. The molecule has 3 saturated heterocycles. The van der Waals surface area contributed by atoms with Crippen LogP contribution in [0.2, 0.25) is 0 Å². The molecule has 3 spiro atoms. The molecule has 3 aliphatic heterocycles. The van der Waals surface area contributed by atoms with Gasteiger partial charge in [0.2, 0.25) is 5.79 Å². The fourth-order valence-electron chi connectivity index (χ4n) is 12.2. The predicted octanol–water partition coefficient (Wildman–Crippen LogP) is 6.04. The van der Waals surface area contributed by atoms with Gasteiger partial charge in [0.05, 0.1) is 12.0 Å². The van der Waals surface area contributed by atoms with E-state index in [4.69, 9.17) is 14.2 Å². The summed E-state index contributed by atoms with van der Waals surface area (Å²) in [6, 6.07) is 0. The van der Waals surface area contributed by atoms with Gasteiger partial charge in [0.25, 0.3) is 0 Å². The van der Waals surface area contributed by atoms with E-state index in [9.17, 15) is 9.59 Å². The van der Waals surface area contributed by atoms with Gasteiger partial charge >= 0.3 is 11.9 Å². The molecule has 11 atom stereocenters. The number of cyclic esters (lactones) is 1. The summed E-state index contributed by atoms with van der Waals surface area (Å²) >= 11 is 0. The van der Waals surface area contributed by atoms with E-state index in [0.29, 0.717) is 41.9 Å². The highest BCUT2D eigenvalue weighted by Crippen LogP contribution is 2.88. The van der Waals surface area contributed by atoms with Crippen molar-refractivity contribution in [1.29, 1.82) is 0 Å². The molecule has 0 bridgehead atoms. The van der Waals surface area contributed by atoms with Crippen LogP contribution >= 0.6 is 0 Å². The zero-order valence-electron chi connectivity index (χ0n) is 22.6. The number of rotatable bonds is 0. The molecular weight excluding hydrogens is 440 g/mol. The summed E-state index contributed by atoms with van der Waals surface area (Å²) in [5, 5.41) is 0. The Hall–Kier alpha value is -1.10. The fraction of sp³-hybridized carbons (Fsp3) is 0.933. The standard InChI is InChI=1S/C30H44O5/c1-17-13-30(14-18(2)24(32)35-30)33-19-15-27(6)21-8-7-20-25(3,4)34-22(31)9-10-28(20)16-29(21,28)12-11-26(27,5)23(17)19/h17-21,23H,7-16H2,1-6H3/t17-,18-,19-,20-,21+,23+,26-,27-,28-,29+,30+/m1/s1. The number of carbonyl (C=O) groups is 2. The smallest absolute Gasteiger partial charge is 0.311 e. The number of hydrogen-bond acceptors (Lipinski definition) is 5. The summed E-state index contributed by atoms with van der Waals surface area (Å²) in [4.78, 5) is 24.9. The Kier molecular flexibility index (Phi) is 4.26. The number of ether oxygens (including phenoxy) is 3. The highest BCUT2D eigenvalue weighted by atomic mass is 16.7. The van der Waals surface area contributed by atoms with Crippen LogP contribution in [0.4, 0.5) is 0 Å². The van der Waals surface area contributed by atoms with E-state index in [2.05, 4.69) is 34.6 Å². The number of carbonyl (C=O) groups excluding carboxylic acids is 2. The summed E-state index contributed by atoms with van der Waals surface area (Å²) in [6.45, 7) is 13.9. The van der Waals surface area contributed by atoms with Crippen molar-refractivity contribution < 1.29 is 23.8 Å². The Bertz CT molecular complexity index is 1000. The second-order valence-corrected chi connectivity index (χ2v) is 15.1. The molecule has 5 heteroatoms. The maximum absolute atomic E-state index is 12.6. The van der Waals surface area contributed by atoms with Crippen LogP contribution in [0.15, 0.2) is 0 Å². The van der Waals surface area contributed by atoms with Crippen molar-refractivity contribution in [3.8, 4) is 0 Å². The fourth-order valence-corrected chi connectivity index (χ4v) is 12.2. The first-order valence-electron chi connectivity index (χ1n) is 14.4. The Morgan fingerprint density at radius 3 is 2.23 bits per heavy atom. The lowest BCUT2D eigenvalue weighted by molar-refractivity contribution is -0.276. The molecule has 0 amide bonds. The molecule has 7 fully saturated rings. The van der Waals surface area contributed by atoms with Crippen LogP contribution in [-0.2, 0) is 23.8 Å². The molecule has 0 N–H and O–H groups in total. The lowest BCUT2D eigenvalue weighted by Gasteiger charge is -2.61. The minimum atomic E-state index is -0.698. The quantitative estimate of drug-likeness (QED) is 0.393. The topological polar surface area (TPSA) is 61.8 Å². The van der Waals surface area contributed by atoms with Crippen LogP contribution in [0.3, 0.4) is 0 Å². The van der Waals surface area contributed by atoms with Crippen molar-refractivity contribution >= 4 is 11.9 Å².